The van der Waals surface area contributed by atoms with Gasteiger partial charge in [-0.15, -0.1) is 0 Å². The molecular weight excluding hydrogens is 324 g/mol. The fraction of sp³-hybridized carbons (Fsp3) is 0.579. The van der Waals surface area contributed by atoms with Gasteiger partial charge in [0, 0.05) is 43.5 Å². The Morgan fingerprint density at radius 1 is 0.958 bits per heavy atom. The molecule has 130 valence electrons. The molecule has 0 N–H and O–H groups in total. The maximum absolute atomic E-state index is 12.4. The Morgan fingerprint density at radius 2 is 1.54 bits per heavy atom. The van der Waals surface area contributed by atoms with Crippen LogP contribution in [-0.2, 0) is 16.0 Å². The smallest absolute Gasteiger partial charge is 0.225 e. The number of benzene rings is 1. The molecule has 4 nitrogen and oxygen atoms in total. The first-order chi connectivity index (χ1) is 11.6. The first-order valence-electron chi connectivity index (χ1n) is 8.94. The molecule has 3 rings (SSSR count). The van der Waals surface area contributed by atoms with Crippen LogP contribution in [0.25, 0.3) is 0 Å². The quantitative estimate of drug-likeness (QED) is 0.838. The number of piperazine rings is 1. The van der Waals surface area contributed by atoms with E-state index in [1.54, 1.807) is 0 Å². The number of carbonyl (C=O) groups is 2. The Balaban J connectivity index is 1.43. The Morgan fingerprint density at radius 3 is 2.17 bits per heavy atom. The van der Waals surface area contributed by atoms with E-state index in [0.29, 0.717) is 43.5 Å². The SMILES string of the molecule is O=C(CCc1ccc(Cl)cc1)N1CCN(C(=O)C2CCCC2)CC1. The van der Waals surface area contributed by atoms with Crippen LogP contribution in [0.2, 0.25) is 5.02 Å². The highest BCUT2D eigenvalue weighted by Crippen LogP contribution is 2.27. The number of rotatable bonds is 4. The molecule has 2 fully saturated rings. The van der Waals surface area contributed by atoms with E-state index in [2.05, 4.69) is 0 Å². The molecule has 1 aliphatic heterocycles. The van der Waals surface area contributed by atoms with Crippen molar-refractivity contribution in [3.63, 3.8) is 0 Å². The molecule has 0 atom stereocenters. The molecule has 2 amide bonds. The first-order valence-corrected chi connectivity index (χ1v) is 9.32. The minimum atomic E-state index is 0.179. The summed E-state index contributed by atoms with van der Waals surface area (Å²) in [6.45, 7) is 2.69. The second kappa shape index (κ2) is 8.02. The second-order valence-electron chi connectivity index (χ2n) is 6.81. The number of amides is 2. The van der Waals surface area contributed by atoms with Crippen molar-refractivity contribution in [1.29, 1.82) is 0 Å². The molecular formula is C19H25ClN2O2. The topological polar surface area (TPSA) is 40.6 Å². The number of nitrogens with zero attached hydrogens (tertiary/aromatic N) is 2. The van der Waals surface area contributed by atoms with Crippen LogP contribution in [0.4, 0.5) is 0 Å². The van der Waals surface area contributed by atoms with Gasteiger partial charge in [0.2, 0.25) is 11.8 Å². The second-order valence-corrected chi connectivity index (χ2v) is 7.25. The molecule has 2 aliphatic rings. The number of halogens is 1. The fourth-order valence-electron chi connectivity index (χ4n) is 3.67. The summed E-state index contributed by atoms with van der Waals surface area (Å²) in [6, 6.07) is 7.64. The number of hydrogen-bond donors (Lipinski definition) is 0. The largest absolute Gasteiger partial charge is 0.339 e. The summed E-state index contributed by atoms with van der Waals surface area (Å²) in [6.07, 6.45) is 5.69. The van der Waals surface area contributed by atoms with Crippen LogP contribution in [-0.4, -0.2) is 47.8 Å². The minimum absolute atomic E-state index is 0.179. The van der Waals surface area contributed by atoms with Crippen molar-refractivity contribution in [1.82, 2.24) is 9.80 Å². The van der Waals surface area contributed by atoms with Crippen molar-refractivity contribution in [2.75, 3.05) is 26.2 Å². The third-order valence-electron chi connectivity index (χ3n) is 5.19. The lowest BCUT2D eigenvalue weighted by atomic mass is 10.1. The Kier molecular flexibility index (Phi) is 5.77. The monoisotopic (exact) mass is 348 g/mol. The van der Waals surface area contributed by atoms with E-state index in [1.807, 2.05) is 34.1 Å². The Hall–Kier alpha value is -1.55. The van der Waals surface area contributed by atoms with Crippen LogP contribution in [0.1, 0.15) is 37.7 Å². The highest BCUT2D eigenvalue weighted by atomic mass is 35.5. The lowest BCUT2D eigenvalue weighted by Crippen LogP contribution is -2.51. The van der Waals surface area contributed by atoms with Crippen molar-refractivity contribution in [3.8, 4) is 0 Å². The van der Waals surface area contributed by atoms with Gasteiger partial charge in [-0.05, 0) is 37.0 Å². The third-order valence-corrected chi connectivity index (χ3v) is 5.44. The fourth-order valence-corrected chi connectivity index (χ4v) is 3.79. The summed E-state index contributed by atoms with van der Waals surface area (Å²) >= 11 is 5.87. The maximum atomic E-state index is 12.4. The molecule has 1 aromatic rings. The van der Waals surface area contributed by atoms with E-state index in [-0.39, 0.29) is 11.8 Å². The summed E-state index contributed by atoms with van der Waals surface area (Å²) in [4.78, 5) is 28.6. The highest BCUT2D eigenvalue weighted by molar-refractivity contribution is 6.30. The predicted octanol–water partition coefficient (Wildman–Crippen LogP) is 3.13. The molecule has 1 aliphatic carbocycles. The van der Waals surface area contributed by atoms with Crippen LogP contribution in [0.15, 0.2) is 24.3 Å². The molecule has 0 bridgehead atoms. The number of carbonyl (C=O) groups excluding carboxylic acids is 2. The van der Waals surface area contributed by atoms with E-state index in [4.69, 9.17) is 11.6 Å². The van der Waals surface area contributed by atoms with E-state index >= 15 is 0 Å². The van der Waals surface area contributed by atoms with E-state index in [9.17, 15) is 9.59 Å². The summed E-state index contributed by atoms with van der Waals surface area (Å²) in [5.74, 6) is 0.718. The van der Waals surface area contributed by atoms with Gasteiger partial charge < -0.3 is 9.80 Å². The van der Waals surface area contributed by atoms with Gasteiger partial charge in [-0.25, -0.2) is 0 Å². The lowest BCUT2D eigenvalue weighted by molar-refractivity contribution is -0.142. The molecule has 1 heterocycles. The highest BCUT2D eigenvalue weighted by Gasteiger charge is 2.30. The molecule has 5 heteroatoms. The van der Waals surface area contributed by atoms with Gasteiger partial charge in [-0.1, -0.05) is 36.6 Å². The summed E-state index contributed by atoms with van der Waals surface area (Å²) < 4.78 is 0. The molecule has 0 spiro atoms. The maximum Gasteiger partial charge on any atom is 0.225 e. The van der Waals surface area contributed by atoms with Gasteiger partial charge >= 0.3 is 0 Å². The standard InChI is InChI=1S/C19H25ClN2O2/c20-17-8-5-15(6-9-17)7-10-18(23)21-11-13-22(14-12-21)19(24)16-3-1-2-4-16/h5-6,8-9,16H,1-4,7,10-14H2. The van der Waals surface area contributed by atoms with Crippen molar-refractivity contribution >= 4 is 23.4 Å². The lowest BCUT2D eigenvalue weighted by Gasteiger charge is -2.36. The summed E-state index contributed by atoms with van der Waals surface area (Å²) in [7, 11) is 0. The molecule has 1 saturated heterocycles. The van der Waals surface area contributed by atoms with E-state index in [0.717, 1.165) is 24.8 Å². The van der Waals surface area contributed by atoms with Gasteiger partial charge in [-0.3, -0.25) is 9.59 Å². The Labute approximate surface area is 148 Å². The zero-order valence-corrected chi connectivity index (χ0v) is 14.8. The normalized spacial score (nSPS) is 18.9. The van der Waals surface area contributed by atoms with E-state index < -0.39 is 0 Å². The van der Waals surface area contributed by atoms with Crippen molar-refractivity contribution in [2.24, 2.45) is 5.92 Å². The summed E-state index contributed by atoms with van der Waals surface area (Å²) in [5.41, 5.74) is 1.13. The Bertz CT molecular complexity index is 574. The molecule has 1 aromatic carbocycles. The molecule has 0 aromatic heterocycles. The molecule has 24 heavy (non-hydrogen) atoms. The zero-order chi connectivity index (χ0) is 16.9. The van der Waals surface area contributed by atoms with Crippen LogP contribution in [0.3, 0.4) is 0 Å². The number of aryl methyl sites for hydroxylation is 1. The van der Waals surface area contributed by atoms with Gasteiger partial charge in [0.05, 0.1) is 0 Å². The molecule has 0 radical (unpaired) electrons. The predicted molar refractivity (Wildman–Crippen MR) is 94.9 cm³/mol. The van der Waals surface area contributed by atoms with Crippen molar-refractivity contribution < 1.29 is 9.59 Å². The van der Waals surface area contributed by atoms with Crippen LogP contribution in [0.5, 0.6) is 0 Å². The molecule has 1 saturated carbocycles. The zero-order valence-electron chi connectivity index (χ0n) is 14.0. The van der Waals surface area contributed by atoms with Gasteiger partial charge in [-0.2, -0.15) is 0 Å². The van der Waals surface area contributed by atoms with E-state index in [1.165, 1.54) is 12.8 Å². The van der Waals surface area contributed by atoms with Gasteiger partial charge in [0.25, 0.3) is 0 Å². The van der Waals surface area contributed by atoms with Crippen LogP contribution in [0, 0.1) is 5.92 Å². The average Bonchev–Trinajstić information content (AvgIpc) is 3.15. The third kappa shape index (κ3) is 4.29. The minimum Gasteiger partial charge on any atom is -0.339 e. The number of hydrogen-bond acceptors (Lipinski definition) is 2. The van der Waals surface area contributed by atoms with Gasteiger partial charge in [0.15, 0.2) is 0 Å². The summed E-state index contributed by atoms with van der Waals surface area (Å²) in [5, 5.41) is 0.716. The molecule has 0 unspecified atom stereocenters. The average molecular weight is 349 g/mol. The first kappa shape index (κ1) is 17.3. The van der Waals surface area contributed by atoms with Crippen molar-refractivity contribution in [2.45, 2.75) is 38.5 Å². The van der Waals surface area contributed by atoms with Crippen LogP contribution < -0.4 is 0 Å². The van der Waals surface area contributed by atoms with Gasteiger partial charge in [0.1, 0.15) is 0 Å². The van der Waals surface area contributed by atoms with Crippen LogP contribution >= 0.6 is 11.6 Å². The van der Waals surface area contributed by atoms with Crippen molar-refractivity contribution in [3.05, 3.63) is 34.9 Å².